The number of nitrogens with zero attached hydrogens (tertiary/aromatic N) is 5. The third-order valence-electron chi connectivity index (χ3n) is 2.92. The van der Waals surface area contributed by atoms with Gasteiger partial charge in [-0.3, -0.25) is 0 Å². The summed E-state index contributed by atoms with van der Waals surface area (Å²) in [6, 6.07) is 0. The summed E-state index contributed by atoms with van der Waals surface area (Å²) in [5.41, 5.74) is 5.75. The van der Waals surface area contributed by atoms with Crippen LogP contribution in [-0.4, -0.2) is 41.6 Å². The fourth-order valence-corrected chi connectivity index (χ4v) is 2.03. The Morgan fingerprint density at radius 1 is 1.24 bits per heavy atom. The average molecular weight is 236 g/mol. The minimum absolute atomic E-state index is 0.305. The van der Waals surface area contributed by atoms with Gasteiger partial charge >= 0.3 is 0 Å². The molecule has 6 nitrogen and oxygen atoms in total. The maximum atomic E-state index is 5.75. The topological polar surface area (TPSA) is 71.2 Å². The number of hydrogen-bond donors (Lipinski definition) is 1. The van der Waals surface area contributed by atoms with Crippen molar-refractivity contribution in [3.8, 4) is 0 Å². The van der Waals surface area contributed by atoms with Gasteiger partial charge in [0, 0.05) is 26.7 Å². The van der Waals surface area contributed by atoms with E-state index in [1.807, 2.05) is 11.9 Å². The number of nitrogens with two attached hydrogens (primary N) is 1. The lowest BCUT2D eigenvalue weighted by Gasteiger charge is -2.20. The molecule has 0 unspecified atom stereocenters. The van der Waals surface area contributed by atoms with Crippen molar-refractivity contribution >= 4 is 17.8 Å². The van der Waals surface area contributed by atoms with Gasteiger partial charge in [-0.05, 0) is 19.3 Å². The molecule has 0 atom stereocenters. The first-order valence-corrected chi connectivity index (χ1v) is 6.18. The summed E-state index contributed by atoms with van der Waals surface area (Å²) in [5.74, 6) is 1.69. The van der Waals surface area contributed by atoms with Gasteiger partial charge in [-0.2, -0.15) is 15.0 Å². The molecule has 0 saturated carbocycles. The SMILES string of the molecule is CCCN(C)c1nc(N)nc(N2CCCC2)n1. The minimum atomic E-state index is 0.305. The van der Waals surface area contributed by atoms with E-state index >= 15 is 0 Å². The van der Waals surface area contributed by atoms with E-state index < -0.39 is 0 Å². The number of aromatic nitrogens is 3. The van der Waals surface area contributed by atoms with Crippen molar-refractivity contribution in [2.45, 2.75) is 26.2 Å². The van der Waals surface area contributed by atoms with Crippen LogP contribution in [0.15, 0.2) is 0 Å². The lowest BCUT2D eigenvalue weighted by atomic mass is 10.4. The van der Waals surface area contributed by atoms with Crippen molar-refractivity contribution in [2.24, 2.45) is 0 Å². The zero-order valence-electron chi connectivity index (χ0n) is 10.6. The number of hydrogen-bond acceptors (Lipinski definition) is 6. The summed E-state index contributed by atoms with van der Waals surface area (Å²) in [5, 5.41) is 0. The molecule has 2 N–H and O–H groups in total. The standard InChI is InChI=1S/C11H20N6/c1-3-6-16(2)10-13-9(12)14-11(15-10)17-7-4-5-8-17/h3-8H2,1-2H3,(H2,12,13,14,15). The molecule has 0 radical (unpaired) electrons. The van der Waals surface area contributed by atoms with Gasteiger partial charge in [-0.1, -0.05) is 6.92 Å². The Morgan fingerprint density at radius 2 is 1.94 bits per heavy atom. The van der Waals surface area contributed by atoms with Gasteiger partial charge < -0.3 is 15.5 Å². The van der Waals surface area contributed by atoms with Gasteiger partial charge in [-0.15, -0.1) is 0 Å². The number of nitrogen functional groups attached to an aromatic ring is 1. The van der Waals surface area contributed by atoms with Crippen LogP contribution < -0.4 is 15.5 Å². The van der Waals surface area contributed by atoms with Gasteiger partial charge in [0.2, 0.25) is 17.8 Å². The Labute approximate surface area is 102 Å². The second-order valence-electron chi connectivity index (χ2n) is 4.41. The van der Waals surface area contributed by atoms with Crippen molar-refractivity contribution in [3.05, 3.63) is 0 Å². The van der Waals surface area contributed by atoms with Crippen molar-refractivity contribution < 1.29 is 0 Å². The quantitative estimate of drug-likeness (QED) is 0.837. The number of anilines is 3. The van der Waals surface area contributed by atoms with E-state index in [0.29, 0.717) is 17.8 Å². The second kappa shape index (κ2) is 5.16. The molecule has 0 bridgehead atoms. The maximum absolute atomic E-state index is 5.75. The molecule has 94 valence electrons. The van der Waals surface area contributed by atoms with Gasteiger partial charge in [-0.25, -0.2) is 0 Å². The molecular weight excluding hydrogens is 216 g/mol. The van der Waals surface area contributed by atoms with Crippen LogP contribution in [0.2, 0.25) is 0 Å². The van der Waals surface area contributed by atoms with Crippen molar-refractivity contribution in [3.63, 3.8) is 0 Å². The Bertz CT molecular complexity index is 374. The average Bonchev–Trinajstić information content (AvgIpc) is 2.82. The molecule has 1 aromatic rings. The third-order valence-corrected chi connectivity index (χ3v) is 2.92. The second-order valence-corrected chi connectivity index (χ2v) is 4.41. The maximum Gasteiger partial charge on any atom is 0.231 e. The molecule has 17 heavy (non-hydrogen) atoms. The molecular formula is C11H20N6. The summed E-state index contributed by atoms with van der Waals surface area (Å²) in [4.78, 5) is 17.1. The first-order chi connectivity index (χ1) is 8.20. The van der Waals surface area contributed by atoms with Crippen LogP contribution >= 0.6 is 0 Å². The van der Waals surface area contributed by atoms with Gasteiger partial charge in [0.25, 0.3) is 0 Å². The van der Waals surface area contributed by atoms with Crippen LogP contribution in [0.1, 0.15) is 26.2 Å². The van der Waals surface area contributed by atoms with Crippen LogP contribution in [-0.2, 0) is 0 Å². The zero-order chi connectivity index (χ0) is 12.3. The molecule has 1 aliphatic heterocycles. The molecule has 1 aromatic heterocycles. The third kappa shape index (κ3) is 2.75. The molecule has 1 fully saturated rings. The smallest absolute Gasteiger partial charge is 0.231 e. The first kappa shape index (κ1) is 11.9. The van der Waals surface area contributed by atoms with E-state index in [9.17, 15) is 0 Å². The Morgan fingerprint density at radius 3 is 2.59 bits per heavy atom. The molecule has 0 amide bonds. The summed E-state index contributed by atoms with van der Waals surface area (Å²) in [6.45, 7) is 5.08. The highest BCUT2D eigenvalue weighted by atomic mass is 15.3. The van der Waals surface area contributed by atoms with Gasteiger partial charge in [0.05, 0.1) is 0 Å². The van der Waals surface area contributed by atoms with Crippen LogP contribution in [0, 0.1) is 0 Å². The molecule has 1 saturated heterocycles. The van der Waals surface area contributed by atoms with Crippen molar-refractivity contribution in [1.29, 1.82) is 0 Å². The van der Waals surface area contributed by atoms with Crippen molar-refractivity contribution in [1.82, 2.24) is 15.0 Å². The van der Waals surface area contributed by atoms with E-state index in [2.05, 4.69) is 26.8 Å². The highest BCUT2D eigenvalue weighted by molar-refractivity contribution is 5.43. The molecule has 0 aliphatic carbocycles. The van der Waals surface area contributed by atoms with Gasteiger partial charge in [0.15, 0.2) is 0 Å². The fourth-order valence-electron chi connectivity index (χ4n) is 2.03. The largest absolute Gasteiger partial charge is 0.368 e. The van der Waals surface area contributed by atoms with E-state index in [0.717, 1.165) is 26.1 Å². The molecule has 6 heteroatoms. The predicted octanol–water partition coefficient (Wildman–Crippen LogP) is 0.900. The summed E-state index contributed by atoms with van der Waals surface area (Å²) in [7, 11) is 1.98. The minimum Gasteiger partial charge on any atom is -0.368 e. The van der Waals surface area contributed by atoms with E-state index in [1.165, 1.54) is 12.8 Å². The summed E-state index contributed by atoms with van der Waals surface area (Å²) >= 11 is 0. The molecule has 1 aliphatic rings. The Balaban J connectivity index is 2.22. The summed E-state index contributed by atoms with van der Waals surface area (Å²) in [6.07, 6.45) is 3.46. The zero-order valence-corrected chi connectivity index (χ0v) is 10.6. The van der Waals surface area contributed by atoms with Crippen molar-refractivity contribution in [2.75, 3.05) is 42.2 Å². The number of rotatable bonds is 4. The van der Waals surface area contributed by atoms with Crippen LogP contribution in [0.4, 0.5) is 17.8 Å². The summed E-state index contributed by atoms with van der Waals surface area (Å²) < 4.78 is 0. The van der Waals surface area contributed by atoms with E-state index in [1.54, 1.807) is 0 Å². The van der Waals surface area contributed by atoms with Crippen LogP contribution in [0.5, 0.6) is 0 Å². The normalized spacial score (nSPS) is 15.3. The van der Waals surface area contributed by atoms with E-state index in [-0.39, 0.29) is 0 Å². The predicted molar refractivity (Wildman–Crippen MR) is 69.2 cm³/mol. The molecule has 2 rings (SSSR count). The Hall–Kier alpha value is -1.59. The van der Waals surface area contributed by atoms with E-state index in [4.69, 9.17) is 5.73 Å². The van der Waals surface area contributed by atoms with Crippen LogP contribution in [0.3, 0.4) is 0 Å². The Kier molecular flexibility index (Phi) is 3.61. The monoisotopic (exact) mass is 236 g/mol. The van der Waals surface area contributed by atoms with Gasteiger partial charge in [0.1, 0.15) is 0 Å². The molecule has 0 spiro atoms. The molecule has 2 heterocycles. The first-order valence-electron chi connectivity index (χ1n) is 6.18. The fraction of sp³-hybridized carbons (Fsp3) is 0.727. The lowest BCUT2D eigenvalue weighted by molar-refractivity contribution is 0.801. The molecule has 0 aromatic carbocycles. The van der Waals surface area contributed by atoms with Crippen LogP contribution in [0.25, 0.3) is 0 Å². The lowest BCUT2D eigenvalue weighted by Crippen LogP contribution is -2.25. The highest BCUT2D eigenvalue weighted by Gasteiger charge is 2.17. The highest BCUT2D eigenvalue weighted by Crippen LogP contribution is 2.18.